The fourth-order valence-electron chi connectivity index (χ4n) is 0.227. The second kappa shape index (κ2) is 1.60. The van der Waals surface area contributed by atoms with Gasteiger partial charge in [0.1, 0.15) is 0 Å². The van der Waals surface area contributed by atoms with Crippen LogP contribution in [0.15, 0.2) is 12.3 Å². The quantitative estimate of drug-likeness (QED) is 0.458. The van der Waals surface area contributed by atoms with Crippen molar-refractivity contribution in [2.75, 3.05) is 0 Å². The Bertz CT molecular complexity index is 65.0. The van der Waals surface area contributed by atoms with Gasteiger partial charge in [0.15, 0.2) is 0 Å². The Balaban J connectivity index is 2.61. The second-order valence-electron chi connectivity index (χ2n) is 0.793. The first kappa shape index (κ1) is 3.40. The van der Waals surface area contributed by atoms with Gasteiger partial charge in [-0.05, 0) is 0 Å². The van der Waals surface area contributed by atoms with Crippen molar-refractivity contribution < 1.29 is 3.07 Å². The van der Waals surface area contributed by atoms with E-state index in [1.165, 1.54) is 0 Å². The third kappa shape index (κ3) is 0.757. The molecule has 1 aliphatic heterocycles. The Hall–Kier alpha value is 0.209. The minimum absolute atomic E-state index is 0.545. The van der Waals surface area contributed by atoms with E-state index >= 15 is 0 Å². The Kier molecular flexibility index (Phi) is 1.09. The van der Waals surface area contributed by atoms with Gasteiger partial charge in [0.2, 0.25) is 0 Å². The van der Waals surface area contributed by atoms with Gasteiger partial charge in [0, 0.05) is 0 Å². The first-order valence-electron chi connectivity index (χ1n) is 1.47. The first-order chi connectivity index (χ1) is 2.50. The van der Waals surface area contributed by atoms with Crippen molar-refractivity contribution >= 4 is 25.1 Å². The Morgan fingerprint density at radius 2 is 2.60 bits per heavy atom. The van der Waals surface area contributed by atoms with E-state index in [1.54, 1.807) is 6.26 Å². The standard InChI is InChI=1S/C3H4O.Sn.H/c1-2-3-4;;/h1-4H;;/q;+1;/p-1. The number of rotatable bonds is 0. The van der Waals surface area contributed by atoms with Gasteiger partial charge in [-0.15, -0.1) is 0 Å². The zero-order chi connectivity index (χ0) is 3.54. The van der Waals surface area contributed by atoms with Crippen LogP contribution >= 0.6 is 0 Å². The van der Waals surface area contributed by atoms with Crippen LogP contribution in [-0.2, 0) is 3.07 Å². The summed E-state index contributed by atoms with van der Waals surface area (Å²) in [6.07, 6.45) is 3.74. The normalized spacial score (nSPS) is 16.0. The molecule has 0 unspecified atom stereocenters. The van der Waals surface area contributed by atoms with Crippen molar-refractivity contribution in [1.29, 1.82) is 0 Å². The predicted octanol–water partition coefficient (Wildman–Crippen LogP) is -0.316. The van der Waals surface area contributed by atoms with Crippen molar-refractivity contribution in [2.24, 2.45) is 0 Å². The van der Waals surface area contributed by atoms with E-state index in [2.05, 4.69) is 4.02 Å². The van der Waals surface area contributed by atoms with Gasteiger partial charge in [-0.2, -0.15) is 0 Å². The van der Waals surface area contributed by atoms with Gasteiger partial charge in [-0.1, -0.05) is 0 Å². The summed E-state index contributed by atoms with van der Waals surface area (Å²) in [5, 5.41) is 0. The first-order valence-corrected chi connectivity index (χ1v) is 4.72. The molecule has 0 fully saturated rings. The number of hydrogen-bond donors (Lipinski definition) is 0. The van der Waals surface area contributed by atoms with Crippen LogP contribution in [0.4, 0.5) is 0 Å². The Morgan fingerprint density at radius 3 is 2.80 bits per heavy atom. The number of hydrogen-bond acceptors (Lipinski definition) is 1. The molecule has 0 radical (unpaired) electrons. The average Bonchev–Trinajstić information content (AvgIpc) is 1.76. The van der Waals surface area contributed by atoms with Crippen molar-refractivity contribution in [3.63, 3.8) is 0 Å². The molecule has 0 saturated carbocycles. The summed E-state index contributed by atoms with van der Waals surface area (Å²) >= 11 is -0.545. The molecule has 0 amide bonds. The van der Waals surface area contributed by atoms with Crippen molar-refractivity contribution in [3.8, 4) is 0 Å². The summed E-state index contributed by atoms with van der Waals surface area (Å²) in [6, 6.07) is 0. The fraction of sp³-hybridized carbons (Fsp3) is 0. The van der Waals surface area contributed by atoms with Crippen LogP contribution in [0.3, 0.4) is 0 Å². The van der Waals surface area contributed by atoms with E-state index in [0.29, 0.717) is 0 Å². The maximum absolute atomic E-state index is 4.90. The topological polar surface area (TPSA) is 9.23 Å². The molecule has 0 aliphatic carbocycles. The molecular weight excluding hydrogens is 171 g/mol. The zero-order valence-corrected chi connectivity index (χ0v) is 6.01. The van der Waals surface area contributed by atoms with E-state index in [0.717, 1.165) is 0 Å². The monoisotopic (exact) mass is 176 g/mol. The average molecular weight is 175 g/mol. The molecule has 0 spiro atoms. The van der Waals surface area contributed by atoms with Crippen LogP contribution in [0.25, 0.3) is 0 Å². The summed E-state index contributed by atoms with van der Waals surface area (Å²) in [7, 11) is 0. The molecule has 0 bridgehead atoms. The van der Waals surface area contributed by atoms with E-state index in [1.807, 2.05) is 6.08 Å². The Morgan fingerprint density at radius 1 is 1.60 bits per heavy atom. The minimum atomic E-state index is -0.545. The summed E-state index contributed by atoms with van der Waals surface area (Å²) in [5.41, 5.74) is 0. The molecule has 0 atom stereocenters. The fourth-order valence-corrected chi connectivity index (χ4v) is 1.52. The van der Waals surface area contributed by atoms with E-state index < -0.39 is 21.1 Å². The van der Waals surface area contributed by atoms with Gasteiger partial charge < -0.3 is 0 Å². The van der Waals surface area contributed by atoms with Crippen molar-refractivity contribution in [1.82, 2.24) is 0 Å². The Labute approximate surface area is 40.9 Å². The second-order valence-corrected chi connectivity index (χ2v) is 3.45. The molecule has 0 aromatic rings. The van der Waals surface area contributed by atoms with Gasteiger partial charge in [0.25, 0.3) is 0 Å². The van der Waals surface area contributed by atoms with Crippen LogP contribution in [0.1, 0.15) is 0 Å². The van der Waals surface area contributed by atoms with Crippen LogP contribution in [0.5, 0.6) is 0 Å². The predicted molar refractivity (Wildman–Crippen MR) is 23.4 cm³/mol. The summed E-state index contributed by atoms with van der Waals surface area (Å²) in [4.78, 5) is 0. The third-order valence-corrected chi connectivity index (χ3v) is 2.41. The maximum atomic E-state index is 4.90. The molecular formula is C3H4OSn. The van der Waals surface area contributed by atoms with Crippen molar-refractivity contribution in [2.45, 2.75) is 0 Å². The SMILES string of the molecule is C1=C[O][SnH]=[CH]1. The molecule has 0 saturated heterocycles. The molecule has 1 nitrogen and oxygen atoms in total. The van der Waals surface area contributed by atoms with Gasteiger partial charge in [0.05, 0.1) is 0 Å². The summed E-state index contributed by atoms with van der Waals surface area (Å²) in [5.74, 6) is 0. The molecule has 1 heterocycles. The van der Waals surface area contributed by atoms with Crippen LogP contribution in [0.2, 0.25) is 0 Å². The zero-order valence-electron chi connectivity index (χ0n) is 2.72. The van der Waals surface area contributed by atoms with Crippen LogP contribution < -0.4 is 0 Å². The molecule has 2 heteroatoms. The van der Waals surface area contributed by atoms with Gasteiger partial charge in [-0.25, -0.2) is 0 Å². The molecule has 26 valence electrons. The van der Waals surface area contributed by atoms with Crippen LogP contribution in [0, 0.1) is 0 Å². The molecule has 1 rings (SSSR count). The van der Waals surface area contributed by atoms with Crippen molar-refractivity contribution in [3.05, 3.63) is 12.3 Å². The third-order valence-electron chi connectivity index (χ3n) is 0.425. The summed E-state index contributed by atoms with van der Waals surface area (Å²) < 4.78 is 7.05. The number of allylic oxidation sites excluding steroid dienone is 1. The summed E-state index contributed by atoms with van der Waals surface area (Å²) in [6.45, 7) is 0. The van der Waals surface area contributed by atoms with E-state index in [-0.39, 0.29) is 0 Å². The molecule has 0 aromatic carbocycles. The van der Waals surface area contributed by atoms with Crippen LogP contribution in [-0.4, -0.2) is 25.1 Å². The molecule has 0 N–H and O–H groups in total. The van der Waals surface area contributed by atoms with Gasteiger partial charge in [-0.3, -0.25) is 0 Å². The molecule has 5 heavy (non-hydrogen) atoms. The molecule has 1 aliphatic rings. The molecule has 0 aromatic heterocycles. The van der Waals surface area contributed by atoms with Gasteiger partial charge >= 0.3 is 40.5 Å². The van der Waals surface area contributed by atoms with E-state index in [4.69, 9.17) is 3.07 Å². The van der Waals surface area contributed by atoms with E-state index in [9.17, 15) is 0 Å².